The summed E-state index contributed by atoms with van der Waals surface area (Å²) in [4.78, 5) is 19.7. The van der Waals surface area contributed by atoms with Gasteiger partial charge in [-0.1, -0.05) is 97.4 Å². The van der Waals surface area contributed by atoms with Gasteiger partial charge in [-0.05, 0) is 58.4 Å². The van der Waals surface area contributed by atoms with Crippen LogP contribution >= 0.6 is 0 Å². The van der Waals surface area contributed by atoms with Gasteiger partial charge in [-0.2, -0.15) is 0 Å². The Morgan fingerprint density at radius 3 is 2.44 bits per heavy atom. The minimum absolute atomic E-state index is 0.126. The third-order valence-corrected chi connectivity index (χ3v) is 7.85. The molecule has 0 aliphatic carbocycles. The lowest BCUT2D eigenvalue weighted by Gasteiger charge is -2.39. The number of hydrogen-bond donors (Lipinski definition) is 2. The summed E-state index contributed by atoms with van der Waals surface area (Å²) in [5.41, 5.74) is 4.73. The monoisotopic (exact) mass is 554 g/mol. The number of rotatable bonds is 12. The number of ether oxygens (including phenoxy) is 1. The lowest BCUT2D eigenvalue weighted by Crippen LogP contribution is -2.46. The van der Waals surface area contributed by atoms with E-state index in [-0.39, 0.29) is 29.9 Å². The van der Waals surface area contributed by atoms with Gasteiger partial charge < -0.3 is 9.64 Å². The number of fused-ring (bicyclic) bond motifs is 1. The van der Waals surface area contributed by atoms with Gasteiger partial charge in [-0.3, -0.25) is 20.0 Å². The van der Waals surface area contributed by atoms with Gasteiger partial charge in [-0.25, -0.2) is 0 Å². The zero-order valence-corrected chi connectivity index (χ0v) is 23.3. The number of carbonyl (C=O) groups excluding carboxylic acids is 1. The molecule has 4 aromatic carbocycles. The Hall–Kier alpha value is -3.59. The van der Waals surface area contributed by atoms with Crippen LogP contribution in [0.15, 0.2) is 97.1 Å². The fourth-order valence-corrected chi connectivity index (χ4v) is 5.66. The smallest absolute Gasteiger partial charge is 0.222 e. The van der Waals surface area contributed by atoms with Gasteiger partial charge in [0, 0.05) is 25.4 Å². The molecule has 7 nitrogen and oxygen atoms in total. The minimum Gasteiger partial charge on any atom is -0.371 e. The second-order valence-corrected chi connectivity index (χ2v) is 10.7. The van der Waals surface area contributed by atoms with Gasteiger partial charge in [0.05, 0.1) is 24.7 Å². The lowest BCUT2D eigenvalue weighted by molar-refractivity contribution is -0.492. The first kappa shape index (κ1) is 28.9. The Balaban J connectivity index is 1.28. The van der Waals surface area contributed by atoms with Crippen molar-refractivity contribution in [2.75, 3.05) is 19.7 Å². The molecule has 1 aliphatic rings. The number of benzene rings is 4. The summed E-state index contributed by atoms with van der Waals surface area (Å²) in [6, 6.07) is 33.9. The first-order chi connectivity index (χ1) is 20.1. The Labute approximate surface area is 241 Å². The van der Waals surface area contributed by atoms with Crippen molar-refractivity contribution in [3.8, 4) is 11.1 Å². The summed E-state index contributed by atoms with van der Waals surface area (Å²) in [5.74, 6) is 0.313. The molecule has 2 atom stereocenters. The Kier molecular flexibility index (Phi) is 10.1. The summed E-state index contributed by atoms with van der Waals surface area (Å²) < 4.78 is 6.63. The van der Waals surface area contributed by atoms with Crippen LogP contribution in [-0.4, -0.2) is 52.4 Å². The molecule has 0 unspecified atom stereocenters. The van der Waals surface area contributed by atoms with Crippen LogP contribution in [0.3, 0.4) is 0 Å². The first-order valence-corrected chi connectivity index (χ1v) is 14.4. The van der Waals surface area contributed by atoms with E-state index in [1.165, 1.54) is 27.5 Å². The second-order valence-electron chi connectivity index (χ2n) is 10.7. The topological polar surface area (TPSA) is 82.5 Å². The molecule has 0 saturated carbocycles. The number of likely N-dealkylation sites (tertiary alicyclic amines) is 1. The van der Waals surface area contributed by atoms with Gasteiger partial charge in [-0.15, -0.1) is 0 Å². The average molecular weight is 555 g/mol. The van der Waals surface area contributed by atoms with Crippen LogP contribution in [0, 0.1) is 0 Å². The van der Waals surface area contributed by atoms with Crippen molar-refractivity contribution in [1.29, 1.82) is 0 Å². The Morgan fingerprint density at radius 2 is 1.61 bits per heavy atom. The molecule has 2 N–H and O–H groups in total. The number of nitrogens with zero attached hydrogens (tertiary/aromatic N) is 2. The molecule has 7 heteroatoms. The highest BCUT2D eigenvalue weighted by Gasteiger charge is 2.33. The highest BCUT2D eigenvalue weighted by molar-refractivity contribution is 5.83. The van der Waals surface area contributed by atoms with Crippen LogP contribution in [0.5, 0.6) is 0 Å². The molecule has 1 fully saturated rings. The minimum atomic E-state index is -0.275. The van der Waals surface area contributed by atoms with Crippen molar-refractivity contribution < 1.29 is 24.8 Å². The summed E-state index contributed by atoms with van der Waals surface area (Å²) in [6.07, 6.45) is 3.29. The second kappa shape index (κ2) is 14.3. The molecule has 0 radical (unpaired) electrons. The van der Waals surface area contributed by atoms with E-state index in [9.17, 15) is 4.79 Å². The van der Waals surface area contributed by atoms with Crippen molar-refractivity contribution in [3.63, 3.8) is 0 Å². The van der Waals surface area contributed by atoms with Gasteiger partial charge in [0.15, 0.2) is 0 Å². The largest absolute Gasteiger partial charge is 0.371 e. The number of piperidine rings is 1. The normalized spacial score (nSPS) is 17.3. The molecule has 5 rings (SSSR count). The Morgan fingerprint density at radius 1 is 0.829 bits per heavy atom. The maximum absolute atomic E-state index is 13.1. The van der Waals surface area contributed by atoms with E-state index in [1.807, 2.05) is 23.1 Å². The number of carbonyl (C=O) groups is 1. The summed E-state index contributed by atoms with van der Waals surface area (Å²) in [6.45, 7) is 1.93. The molecular formula is C34H38N2O5. The standard InChI is InChI=1S/C34H38N2O5/c37-34(16-5-2-8-21-41-36(38)39)35-20-19-32(31-15-9-14-30(23-31)27-10-3-1-4-11-27)33(24-35)40-25-26-17-18-28-12-6-7-13-29(28)22-26/h1,3-4,6-7,9-15,17-18,22-23,32-33,38-39H,2,5,8,16,19-21,24-25H2/t32-,33+/m1/s1. The molecule has 1 heterocycles. The molecule has 4 aromatic rings. The van der Waals surface area contributed by atoms with Crippen molar-refractivity contribution in [2.24, 2.45) is 0 Å². The zero-order chi connectivity index (χ0) is 28.4. The highest BCUT2D eigenvalue weighted by Crippen LogP contribution is 2.34. The molecule has 214 valence electrons. The fourth-order valence-electron chi connectivity index (χ4n) is 5.66. The SMILES string of the molecule is O=C(CCCCCON(O)O)N1CC[C@H](c2cccc(-c3ccccc3)c2)[C@@H](OCc2ccc3ccccc3c2)C1. The van der Waals surface area contributed by atoms with Crippen molar-refractivity contribution >= 4 is 16.7 Å². The number of unbranched alkanes of at least 4 members (excludes halogenated alkanes) is 2. The number of hydrogen-bond acceptors (Lipinski definition) is 6. The lowest BCUT2D eigenvalue weighted by atomic mass is 9.85. The Bertz CT molecular complexity index is 1410. The van der Waals surface area contributed by atoms with E-state index in [1.54, 1.807) is 0 Å². The van der Waals surface area contributed by atoms with Crippen LogP contribution in [-0.2, 0) is 21.0 Å². The molecule has 1 saturated heterocycles. The van der Waals surface area contributed by atoms with Crippen LogP contribution in [0.2, 0.25) is 0 Å². The van der Waals surface area contributed by atoms with E-state index in [0.29, 0.717) is 32.5 Å². The van der Waals surface area contributed by atoms with Gasteiger partial charge in [0.2, 0.25) is 5.91 Å². The predicted octanol–water partition coefficient (Wildman–Crippen LogP) is 6.98. The molecule has 0 bridgehead atoms. The molecule has 0 aromatic heterocycles. The average Bonchev–Trinajstić information content (AvgIpc) is 3.01. The van der Waals surface area contributed by atoms with Crippen LogP contribution in [0.4, 0.5) is 0 Å². The molecule has 1 amide bonds. The summed E-state index contributed by atoms with van der Waals surface area (Å²) in [7, 11) is 0. The molecule has 41 heavy (non-hydrogen) atoms. The van der Waals surface area contributed by atoms with E-state index >= 15 is 0 Å². The number of amides is 1. The maximum atomic E-state index is 13.1. The maximum Gasteiger partial charge on any atom is 0.222 e. The van der Waals surface area contributed by atoms with E-state index in [0.717, 1.165) is 24.8 Å². The van der Waals surface area contributed by atoms with E-state index in [2.05, 4.69) is 83.7 Å². The van der Waals surface area contributed by atoms with Crippen molar-refractivity contribution in [3.05, 3.63) is 108 Å². The van der Waals surface area contributed by atoms with E-state index in [4.69, 9.17) is 15.2 Å². The van der Waals surface area contributed by atoms with Crippen molar-refractivity contribution in [1.82, 2.24) is 10.3 Å². The first-order valence-electron chi connectivity index (χ1n) is 14.4. The van der Waals surface area contributed by atoms with Gasteiger partial charge in [0.1, 0.15) is 0 Å². The molecular weight excluding hydrogens is 516 g/mol. The zero-order valence-electron chi connectivity index (χ0n) is 23.3. The quantitative estimate of drug-likeness (QED) is 0.145. The van der Waals surface area contributed by atoms with Crippen LogP contribution in [0.25, 0.3) is 21.9 Å². The van der Waals surface area contributed by atoms with E-state index < -0.39 is 0 Å². The third-order valence-electron chi connectivity index (χ3n) is 7.85. The van der Waals surface area contributed by atoms with Crippen molar-refractivity contribution in [2.45, 2.75) is 50.7 Å². The van der Waals surface area contributed by atoms with Crippen LogP contribution < -0.4 is 0 Å². The third kappa shape index (κ3) is 8.00. The predicted molar refractivity (Wildman–Crippen MR) is 158 cm³/mol. The van der Waals surface area contributed by atoms with Crippen LogP contribution in [0.1, 0.15) is 49.1 Å². The summed E-state index contributed by atoms with van der Waals surface area (Å²) in [5, 5.41) is 19.4. The van der Waals surface area contributed by atoms with Gasteiger partial charge in [0.25, 0.3) is 0 Å². The summed E-state index contributed by atoms with van der Waals surface area (Å²) >= 11 is 0. The fraction of sp³-hybridized carbons (Fsp3) is 0.324. The molecule has 0 spiro atoms. The molecule has 1 aliphatic heterocycles. The highest BCUT2D eigenvalue weighted by atomic mass is 17.1. The van der Waals surface area contributed by atoms with Gasteiger partial charge >= 0.3 is 0 Å².